The Bertz CT molecular complexity index is 1630. The predicted octanol–water partition coefficient (Wildman–Crippen LogP) is 0.381. The number of aliphatic hydroxyl groups is 4. The number of nitrogens with two attached hydrogens (primary N) is 1. The van der Waals surface area contributed by atoms with Gasteiger partial charge in [0.25, 0.3) is 5.91 Å². The molecule has 3 aliphatic carbocycles. The molecule has 9 N–H and O–H groups in total. The minimum absolute atomic E-state index is 0.0902. The first kappa shape index (κ1) is 30.9. The Labute approximate surface area is 252 Å². The average molecular weight is 607 g/mol. The number of anilines is 1. The van der Waals surface area contributed by atoms with Gasteiger partial charge in [0.15, 0.2) is 17.1 Å². The molecule has 0 saturated heterocycles. The minimum Gasteiger partial charge on any atom is -0.510 e. The molecular formula is C31H34N4O9. The second-order valence-electron chi connectivity index (χ2n) is 11.6. The van der Waals surface area contributed by atoms with Gasteiger partial charge < -0.3 is 41.9 Å². The molecule has 0 bridgehead atoms. The Hall–Kier alpha value is -4.56. The highest BCUT2D eigenvalue weighted by Crippen LogP contribution is 2.56. The first-order valence-corrected chi connectivity index (χ1v) is 14.0. The summed E-state index contributed by atoms with van der Waals surface area (Å²) in [7, 11) is 2.93. The van der Waals surface area contributed by atoms with Gasteiger partial charge >= 0.3 is 0 Å². The number of nitrogens with one attached hydrogen (secondary N) is 2. The normalized spacial score (nSPS) is 28.0. The lowest BCUT2D eigenvalue weighted by Gasteiger charge is -2.53. The molecule has 2 amide bonds. The SMILES string of the molecule is CC1c2ccc(NC(=O)CNCc3ccccc3)c(O)c2C(=O)C2=C(O)C3(O)C(=O)C(C(N)=O)=C(O)[C@@H](N(C)C)C3C(O)C21. The third kappa shape index (κ3) is 4.56. The summed E-state index contributed by atoms with van der Waals surface area (Å²) in [6.45, 7) is 1.93. The Morgan fingerprint density at radius 3 is 2.32 bits per heavy atom. The van der Waals surface area contributed by atoms with E-state index in [4.69, 9.17) is 5.73 Å². The standard InChI is InChI=1S/C31H34N4O9/c1-13-15-9-10-16(34-17(36)12-33-11-14-7-5-4-6-8-14)24(37)19(15)25(38)20-18(13)26(39)22-23(35(2)3)27(40)21(30(32)43)29(42)31(22,44)28(20)41/h4-10,13,18,22-23,26,33,37,39-41,44H,11-12H2,1-3H3,(H2,32,43)(H,34,36)/t13?,18?,22?,23-,26?,31?/m0/s1. The molecular weight excluding hydrogens is 572 g/mol. The van der Waals surface area contributed by atoms with E-state index < -0.39 is 87.3 Å². The van der Waals surface area contributed by atoms with Crippen LogP contribution in [0.5, 0.6) is 5.75 Å². The number of hydrogen-bond donors (Lipinski definition) is 8. The van der Waals surface area contributed by atoms with Crippen molar-refractivity contribution in [3.05, 3.63) is 81.8 Å². The maximum Gasteiger partial charge on any atom is 0.255 e. The maximum absolute atomic E-state index is 14.0. The Morgan fingerprint density at radius 1 is 1.05 bits per heavy atom. The number of likely N-dealkylation sites (N-methyl/N-ethyl adjacent to an activating group) is 1. The topological polar surface area (TPSA) is 223 Å². The number of nitrogens with zero attached hydrogens (tertiary/aromatic N) is 1. The third-order valence-corrected chi connectivity index (χ3v) is 8.86. The van der Waals surface area contributed by atoms with E-state index in [1.165, 1.54) is 31.1 Å². The highest BCUT2D eigenvalue weighted by atomic mass is 16.4. The molecule has 232 valence electrons. The number of benzene rings is 2. The summed E-state index contributed by atoms with van der Waals surface area (Å²) in [5, 5.41) is 62.5. The number of carbonyl (C=O) groups is 4. The highest BCUT2D eigenvalue weighted by molar-refractivity contribution is 6.25. The average Bonchev–Trinajstić information content (AvgIpc) is 2.96. The van der Waals surface area contributed by atoms with E-state index in [-0.39, 0.29) is 17.8 Å². The van der Waals surface area contributed by atoms with Crippen molar-refractivity contribution >= 4 is 29.1 Å². The number of rotatable bonds is 7. The number of phenolic OH excluding ortho intramolecular Hbond substituents is 1. The Balaban J connectivity index is 1.53. The van der Waals surface area contributed by atoms with Crippen LogP contribution in [0.4, 0.5) is 5.69 Å². The molecule has 0 heterocycles. The summed E-state index contributed by atoms with van der Waals surface area (Å²) in [6.07, 6.45) is -1.69. The summed E-state index contributed by atoms with van der Waals surface area (Å²) in [4.78, 5) is 53.6. The minimum atomic E-state index is -3.00. The van der Waals surface area contributed by atoms with Crippen LogP contribution >= 0.6 is 0 Å². The van der Waals surface area contributed by atoms with Gasteiger partial charge in [-0.1, -0.05) is 43.3 Å². The third-order valence-electron chi connectivity index (χ3n) is 8.86. The number of ketones is 2. The molecule has 13 heteroatoms. The molecule has 13 nitrogen and oxygen atoms in total. The second kappa shape index (κ2) is 11.2. The molecule has 0 spiro atoms. The van der Waals surface area contributed by atoms with Crippen molar-refractivity contribution in [3.8, 4) is 5.75 Å². The maximum atomic E-state index is 14.0. The fourth-order valence-corrected chi connectivity index (χ4v) is 6.83. The summed E-state index contributed by atoms with van der Waals surface area (Å²) in [6, 6.07) is 11.0. The molecule has 5 rings (SSSR count). The molecule has 5 unspecified atom stereocenters. The summed E-state index contributed by atoms with van der Waals surface area (Å²) in [5.41, 5.74) is 1.71. The number of phenols is 1. The summed E-state index contributed by atoms with van der Waals surface area (Å²) in [5.74, 6) is -10.4. The molecule has 2 aromatic carbocycles. The van der Waals surface area contributed by atoms with Crippen LogP contribution in [-0.2, 0) is 20.9 Å². The first-order chi connectivity index (χ1) is 20.7. The molecule has 6 atom stereocenters. The number of aromatic hydroxyl groups is 1. The van der Waals surface area contributed by atoms with Crippen LogP contribution in [0.15, 0.2) is 65.1 Å². The summed E-state index contributed by atoms with van der Waals surface area (Å²) >= 11 is 0. The van der Waals surface area contributed by atoms with Crippen molar-refractivity contribution in [2.75, 3.05) is 26.0 Å². The molecule has 44 heavy (non-hydrogen) atoms. The molecule has 0 fully saturated rings. The van der Waals surface area contributed by atoms with Crippen LogP contribution in [0.25, 0.3) is 0 Å². The molecule has 2 aromatic rings. The Kier molecular flexibility index (Phi) is 7.84. The van der Waals surface area contributed by atoms with E-state index in [9.17, 15) is 44.7 Å². The van der Waals surface area contributed by atoms with E-state index in [0.717, 1.165) is 5.56 Å². The zero-order valence-corrected chi connectivity index (χ0v) is 24.2. The van der Waals surface area contributed by atoms with Crippen LogP contribution in [0, 0.1) is 11.8 Å². The smallest absolute Gasteiger partial charge is 0.255 e. The van der Waals surface area contributed by atoms with Gasteiger partial charge in [0.05, 0.1) is 35.9 Å². The number of amides is 2. The van der Waals surface area contributed by atoms with E-state index in [1.54, 1.807) is 6.92 Å². The monoisotopic (exact) mass is 606 g/mol. The fourth-order valence-electron chi connectivity index (χ4n) is 6.83. The summed E-state index contributed by atoms with van der Waals surface area (Å²) < 4.78 is 0. The van der Waals surface area contributed by atoms with E-state index in [2.05, 4.69) is 10.6 Å². The van der Waals surface area contributed by atoms with Crippen molar-refractivity contribution in [2.45, 2.75) is 37.1 Å². The van der Waals surface area contributed by atoms with Gasteiger partial charge in [-0.15, -0.1) is 0 Å². The first-order valence-electron chi connectivity index (χ1n) is 14.0. The lowest BCUT2D eigenvalue weighted by Crippen LogP contribution is -2.68. The van der Waals surface area contributed by atoms with Crippen molar-refractivity contribution in [3.63, 3.8) is 0 Å². The second-order valence-corrected chi connectivity index (χ2v) is 11.6. The van der Waals surface area contributed by atoms with Gasteiger partial charge in [0, 0.05) is 18.0 Å². The number of aliphatic hydroxyl groups excluding tert-OH is 3. The number of fused-ring (bicyclic) bond motifs is 3. The van der Waals surface area contributed by atoms with Crippen LogP contribution in [-0.4, -0.2) is 92.2 Å². The molecule has 0 radical (unpaired) electrons. The van der Waals surface area contributed by atoms with Gasteiger partial charge in [-0.2, -0.15) is 0 Å². The van der Waals surface area contributed by atoms with Crippen molar-refractivity contribution in [2.24, 2.45) is 17.6 Å². The molecule has 0 saturated carbocycles. The van der Waals surface area contributed by atoms with Gasteiger partial charge in [-0.05, 0) is 37.2 Å². The number of Topliss-reactive ketones (excluding diaryl/α,β-unsaturated/α-hetero) is 2. The lowest BCUT2D eigenvalue weighted by atomic mass is 9.55. The zero-order valence-electron chi connectivity index (χ0n) is 24.2. The van der Waals surface area contributed by atoms with Gasteiger partial charge in [0.2, 0.25) is 11.7 Å². The van der Waals surface area contributed by atoms with Crippen molar-refractivity contribution in [1.29, 1.82) is 0 Å². The van der Waals surface area contributed by atoms with Crippen molar-refractivity contribution in [1.82, 2.24) is 10.2 Å². The highest BCUT2D eigenvalue weighted by Gasteiger charge is 2.67. The van der Waals surface area contributed by atoms with Gasteiger partial charge in [-0.3, -0.25) is 24.1 Å². The molecule has 0 aromatic heterocycles. The quantitative estimate of drug-likeness (QED) is 0.159. The van der Waals surface area contributed by atoms with Gasteiger partial charge in [-0.25, -0.2) is 0 Å². The number of primary amides is 1. The molecule has 3 aliphatic rings. The van der Waals surface area contributed by atoms with Crippen LogP contribution < -0.4 is 16.4 Å². The number of carbonyl (C=O) groups excluding carboxylic acids is 4. The van der Waals surface area contributed by atoms with Crippen LogP contribution in [0.1, 0.15) is 34.3 Å². The van der Waals surface area contributed by atoms with Crippen LogP contribution in [0.3, 0.4) is 0 Å². The van der Waals surface area contributed by atoms with E-state index in [0.29, 0.717) is 12.1 Å². The van der Waals surface area contributed by atoms with Crippen LogP contribution in [0.2, 0.25) is 0 Å². The zero-order chi connectivity index (χ0) is 32.2. The Morgan fingerprint density at radius 2 is 1.70 bits per heavy atom. The predicted molar refractivity (Wildman–Crippen MR) is 157 cm³/mol. The van der Waals surface area contributed by atoms with Crippen molar-refractivity contribution < 1.29 is 44.7 Å². The van der Waals surface area contributed by atoms with E-state index in [1.807, 2.05) is 30.3 Å². The molecule has 0 aliphatic heterocycles. The van der Waals surface area contributed by atoms with E-state index >= 15 is 0 Å². The number of hydrogen-bond acceptors (Lipinski definition) is 11. The largest absolute Gasteiger partial charge is 0.510 e. The van der Waals surface area contributed by atoms with Gasteiger partial charge in [0.1, 0.15) is 17.1 Å². The fraction of sp³-hybridized carbons (Fsp3) is 0.355. The lowest BCUT2D eigenvalue weighted by molar-refractivity contribution is -0.162.